The zero-order valence-corrected chi connectivity index (χ0v) is 19.4. The van der Waals surface area contributed by atoms with Crippen LogP contribution >= 0.6 is 11.3 Å². The second-order valence-corrected chi connectivity index (χ2v) is 10.2. The van der Waals surface area contributed by atoms with E-state index in [4.69, 9.17) is 4.74 Å². The number of benzene rings is 1. The molecule has 0 radical (unpaired) electrons. The highest BCUT2D eigenvalue weighted by atomic mass is 32.1. The van der Waals surface area contributed by atoms with E-state index in [1.807, 2.05) is 68.4 Å². The molecular formula is C24H31N3O3S. The third-order valence-electron chi connectivity index (χ3n) is 6.26. The number of morpholine rings is 1. The third-order valence-corrected chi connectivity index (χ3v) is 7.24. The lowest BCUT2D eigenvalue weighted by molar-refractivity contribution is -0.186. The lowest BCUT2D eigenvalue weighted by atomic mass is 9.88. The van der Waals surface area contributed by atoms with E-state index < -0.39 is 6.10 Å². The Bertz CT molecular complexity index is 921. The van der Waals surface area contributed by atoms with Gasteiger partial charge >= 0.3 is 0 Å². The number of hydrogen-bond acceptors (Lipinski definition) is 5. The molecule has 1 atom stereocenters. The van der Waals surface area contributed by atoms with Gasteiger partial charge in [-0.05, 0) is 44.5 Å². The van der Waals surface area contributed by atoms with E-state index in [2.05, 4.69) is 4.90 Å². The van der Waals surface area contributed by atoms with Crippen LogP contribution in [0.15, 0.2) is 42.5 Å². The van der Waals surface area contributed by atoms with Gasteiger partial charge in [-0.3, -0.25) is 9.59 Å². The van der Waals surface area contributed by atoms with Gasteiger partial charge in [0.1, 0.15) is 6.10 Å². The van der Waals surface area contributed by atoms with E-state index in [9.17, 15) is 9.59 Å². The fraction of sp³-hybridized carbons (Fsp3) is 0.500. The Hall–Kier alpha value is -2.22. The van der Waals surface area contributed by atoms with Gasteiger partial charge in [0.2, 0.25) is 0 Å². The summed E-state index contributed by atoms with van der Waals surface area (Å²) >= 11 is 1.54. The molecule has 166 valence electrons. The van der Waals surface area contributed by atoms with Crippen molar-refractivity contribution in [2.45, 2.75) is 38.0 Å². The summed E-state index contributed by atoms with van der Waals surface area (Å²) in [7, 11) is 3.89. The van der Waals surface area contributed by atoms with Crippen LogP contribution in [0.4, 0.5) is 0 Å². The minimum Gasteiger partial charge on any atom is -0.359 e. The number of likely N-dealkylation sites (N-methyl/N-ethyl adjacent to an activating group) is 2. The average Bonchev–Trinajstić information content (AvgIpc) is 3.19. The van der Waals surface area contributed by atoms with Gasteiger partial charge in [-0.2, -0.15) is 0 Å². The maximum atomic E-state index is 13.1. The minimum absolute atomic E-state index is 0.0161. The smallest absolute Gasteiger partial charge is 0.263 e. The first-order valence-electron chi connectivity index (χ1n) is 10.9. The topological polar surface area (TPSA) is 53.1 Å². The number of rotatable bonds is 4. The van der Waals surface area contributed by atoms with Gasteiger partial charge in [-0.25, -0.2) is 0 Å². The molecule has 0 unspecified atom stereocenters. The highest BCUT2D eigenvalue weighted by Gasteiger charge is 2.45. The van der Waals surface area contributed by atoms with Crippen molar-refractivity contribution in [1.82, 2.24) is 14.7 Å². The fourth-order valence-corrected chi connectivity index (χ4v) is 5.46. The SMILES string of the molecule is Cc1ccc(C(=O)N2CCC3(CC2)CN(C)C[C@@H](C(=O)N(C)Cc2ccccc2)O3)s1. The molecule has 7 heteroatoms. The van der Waals surface area contributed by atoms with Crippen LogP contribution in [0.1, 0.15) is 33.0 Å². The summed E-state index contributed by atoms with van der Waals surface area (Å²) in [5.74, 6) is 0.120. The second kappa shape index (κ2) is 9.10. The van der Waals surface area contributed by atoms with Crippen molar-refractivity contribution >= 4 is 23.2 Å². The number of amides is 2. The zero-order valence-electron chi connectivity index (χ0n) is 18.5. The standard InChI is InChI=1S/C24H31N3O3S/c1-18-9-10-21(31-18)23(29)27-13-11-24(12-14-27)17-25(2)16-20(30-24)22(28)26(3)15-19-7-5-4-6-8-19/h4-10,20H,11-17H2,1-3H3/t20-/m0/s1. The van der Waals surface area contributed by atoms with Crippen molar-refractivity contribution in [2.75, 3.05) is 40.3 Å². The molecule has 3 heterocycles. The number of aryl methyl sites for hydroxylation is 1. The van der Waals surface area contributed by atoms with Gasteiger partial charge in [0.15, 0.2) is 0 Å². The first-order valence-corrected chi connectivity index (χ1v) is 11.7. The van der Waals surface area contributed by atoms with Crippen molar-refractivity contribution in [3.05, 3.63) is 57.8 Å². The zero-order chi connectivity index (χ0) is 22.0. The molecule has 0 N–H and O–H groups in total. The Morgan fingerprint density at radius 2 is 1.87 bits per heavy atom. The molecule has 0 aliphatic carbocycles. The molecule has 2 aromatic rings. The summed E-state index contributed by atoms with van der Waals surface area (Å²) in [5, 5.41) is 0. The maximum absolute atomic E-state index is 13.1. The molecule has 1 spiro atoms. The highest BCUT2D eigenvalue weighted by Crippen LogP contribution is 2.33. The van der Waals surface area contributed by atoms with Gasteiger partial charge in [0.25, 0.3) is 11.8 Å². The molecule has 2 fully saturated rings. The van der Waals surface area contributed by atoms with Crippen LogP contribution in [-0.2, 0) is 16.1 Å². The minimum atomic E-state index is -0.477. The number of ether oxygens (including phenoxy) is 1. The first-order chi connectivity index (χ1) is 14.8. The quantitative estimate of drug-likeness (QED) is 0.732. The lowest BCUT2D eigenvalue weighted by Crippen LogP contribution is -2.61. The van der Waals surface area contributed by atoms with E-state index in [0.717, 1.165) is 34.7 Å². The van der Waals surface area contributed by atoms with Crippen LogP contribution in [0, 0.1) is 6.92 Å². The molecule has 4 rings (SSSR count). The number of carbonyl (C=O) groups excluding carboxylic acids is 2. The molecule has 1 aromatic carbocycles. The van der Waals surface area contributed by atoms with Crippen molar-refractivity contribution in [3.8, 4) is 0 Å². The van der Waals surface area contributed by atoms with E-state index in [1.54, 1.807) is 16.2 Å². The van der Waals surface area contributed by atoms with Gasteiger partial charge in [-0.1, -0.05) is 30.3 Å². The largest absolute Gasteiger partial charge is 0.359 e. The first kappa shape index (κ1) is 22.0. The van der Waals surface area contributed by atoms with Crippen molar-refractivity contribution in [3.63, 3.8) is 0 Å². The Kier molecular flexibility index (Phi) is 6.46. The predicted octanol–water partition coefficient (Wildman–Crippen LogP) is 3.02. The molecule has 31 heavy (non-hydrogen) atoms. The van der Waals surface area contributed by atoms with Gasteiger partial charge in [0.05, 0.1) is 10.5 Å². The predicted molar refractivity (Wildman–Crippen MR) is 122 cm³/mol. The second-order valence-electron chi connectivity index (χ2n) is 8.87. The maximum Gasteiger partial charge on any atom is 0.263 e. The monoisotopic (exact) mass is 441 g/mol. The van der Waals surface area contributed by atoms with E-state index in [0.29, 0.717) is 26.2 Å². The van der Waals surface area contributed by atoms with Crippen LogP contribution in [0.25, 0.3) is 0 Å². The van der Waals surface area contributed by atoms with Crippen molar-refractivity contribution < 1.29 is 14.3 Å². The summed E-state index contributed by atoms with van der Waals surface area (Å²) in [6.45, 7) is 5.29. The Labute approximate surface area is 188 Å². The Morgan fingerprint density at radius 1 is 1.16 bits per heavy atom. The van der Waals surface area contributed by atoms with E-state index in [-0.39, 0.29) is 17.4 Å². The number of likely N-dealkylation sites (tertiary alicyclic amines) is 1. The van der Waals surface area contributed by atoms with Gasteiger partial charge < -0.3 is 19.4 Å². The molecule has 2 aliphatic heterocycles. The summed E-state index contributed by atoms with van der Waals surface area (Å²) in [6.07, 6.45) is 1.02. The number of piperidine rings is 1. The molecule has 2 saturated heterocycles. The number of nitrogens with zero attached hydrogens (tertiary/aromatic N) is 3. The molecule has 2 amide bonds. The van der Waals surface area contributed by atoms with Crippen LogP contribution in [-0.4, -0.2) is 78.5 Å². The number of thiophene rings is 1. The average molecular weight is 442 g/mol. The summed E-state index contributed by atoms with van der Waals surface area (Å²) in [5.41, 5.74) is 0.733. The molecule has 2 aliphatic rings. The summed E-state index contributed by atoms with van der Waals surface area (Å²) in [6, 6.07) is 13.9. The molecule has 6 nitrogen and oxygen atoms in total. The normalized spacial score (nSPS) is 21.3. The van der Waals surface area contributed by atoms with Gasteiger partial charge in [0, 0.05) is 44.6 Å². The van der Waals surface area contributed by atoms with E-state index in [1.165, 1.54) is 0 Å². The number of carbonyl (C=O) groups is 2. The van der Waals surface area contributed by atoms with Crippen LogP contribution < -0.4 is 0 Å². The Morgan fingerprint density at radius 3 is 2.52 bits per heavy atom. The van der Waals surface area contributed by atoms with Crippen LogP contribution in [0.5, 0.6) is 0 Å². The molecular weight excluding hydrogens is 410 g/mol. The number of hydrogen-bond donors (Lipinski definition) is 0. The van der Waals surface area contributed by atoms with E-state index >= 15 is 0 Å². The highest BCUT2D eigenvalue weighted by molar-refractivity contribution is 7.13. The van der Waals surface area contributed by atoms with Gasteiger partial charge in [-0.15, -0.1) is 11.3 Å². The molecule has 0 bridgehead atoms. The van der Waals surface area contributed by atoms with Crippen LogP contribution in [0.3, 0.4) is 0 Å². The summed E-state index contributed by atoms with van der Waals surface area (Å²) < 4.78 is 6.48. The third kappa shape index (κ3) is 5.00. The van der Waals surface area contributed by atoms with Crippen LogP contribution in [0.2, 0.25) is 0 Å². The van der Waals surface area contributed by atoms with Crippen molar-refractivity contribution in [2.24, 2.45) is 0 Å². The lowest BCUT2D eigenvalue weighted by Gasteiger charge is -2.49. The van der Waals surface area contributed by atoms with Crippen molar-refractivity contribution in [1.29, 1.82) is 0 Å². The molecule has 1 aromatic heterocycles. The Balaban J connectivity index is 1.38. The summed E-state index contributed by atoms with van der Waals surface area (Å²) in [4.78, 5) is 33.8. The fourth-order valence-electron chi connectivity index (χ4n) is 4.62. The molecule has 0 saturated carbocycles.